The first-order valence-electron chi connectivity index (χ1n) is 14.1. The first-order valence-corrected chi connectivity index (χ1v) is 14.1. The molecule has 2 atom stereocenters. The van der Waals surface area contributed by atoms with Gasteiger partial charge in [-0.25, -0.2) is 9.78 Å². The average Bonchev–Trinajstić information content (AvgIpc) is 3.59. The van der Waals surface area contributed by atoms with Gasteiger partial charge in [-0.1, -0.05) is 44.2 Å². The Labute approximate surface area is 235 Å². The van der Waals surface area contributed by atoms with Crippen LogP contribution in [-0.2, 0) is 20.4 Å². The fourth-order valence-corrected chi connectivity index (χ4v) is 5.62. The number of aromatic nitrogens is 2. The minimum absolute atomic E-state index is 0.160. The standard InChI is InChI=1S/C30H39BN4O5/c1-18(2)25(34-28(37)38)27(36)35-13-7-8-24(35)26-32-17-23(33-26)22-12-11-20-14-19(9-10-21(20)15-22)16-31-39-29(3,4)30(5,6)40-31/h9-12,14-15,17-18,24-25,34H,7-8,13,16H2,1-6H3,(H,32,33)(H,37,38). The van der Waals surface area contributed by atoms with Crippen LogP contribution in [0.15, 0.2) is 42.6 Å². The molecule has 2 amide bonds. The Morgan fingerprint density at radius 3 is 2.48 bits per heavy atom. The molecule has 2 saturated heterocycles. The van der Waals surface area contributed by atoms with Crippen molar-refractivity contribution in [3.63, 3.8) is 0 Å². The molecule has 0 bridgehead atoms. The van der Waals surface area contributed by atoms with Gasteiger partial charge in [0.15, 0.2) is 0 Å². The number of imidazole rings is 1. The van der Waals surface area contributed by atoms with Gasteiger partial charge in [-0.05, 0) is 68.9 Å². The number of aromatic amines is 1. The number of hydrogen-bond acceptors (Lipinski definition) is 5. The maximum atomic E-state index is 13.3. The molecule has 2 unspecified atom stereocenters. The van der Waals surface area contributed by atoms with Gasteiger partial charge in [0.25, 0.3) is 0 Å². The molecule has 3 aromatic rings. The minimum Gasteiger partial charge on any atom is -0.465 e. The summed E-state index contributed by atoms with van der Waals surface area (Å²) in [5.41, 5.74) is 2.35. The molecule has 2 aromatic carbocycles. The quantitative estimate of drug-likeness (QED) is 0.344. The number of amides is 2. The molecule has 2 aliphatic heterocycles. The van der Waals surface area contributed by atoms with Crippen LogP contribution in [0.3, 0.4) is 0 Å². The van der Waals surface area contributed by atoms with Crippen LogP contribution < -0.4 is 5.32 Å². The van der Waals surface area contributed by atoms with E-state index in [9.17, 15) is 14.7 Å². The van der Waals surface area contributed by atoms with Crippen molar-refractivity contribution in [2.75, 3.05) is 6.54 Å². The van der Waals surface area contributed by atoms with Gasteiger partial charge in [0.1, 0.15) is 11.9 Å². The van der Waals surface area contributed by atoms with Gasteiger partial charge in [0.05, 0.1) is 29.1 Å². The summed E-state index contributed by atoms with van der Waals surface area (Å²) >= 11 is 0. The van der Waals surface area contributed by atoms with Crippen molar-refractivity contribution < 1.29 is 24.0 Å². The Morgan fingerprint density at radius 1 is 1.12 bits per heavy atom. The molecule has 0 saturated carbocycles. The molecule has 40 heavy (non-hydrogen) atoms. The number of likely N-dealkylation sites (tertiary alicyclic amines) is 1. The fourth-order valence-electron chi connectivity index (χ4n) is 5.62. The van der Waals surface area contributed by atoms with Crippen molar-refractivity contribution in [3.8, 4) is 11.3 Å². The molecule has 5 rings (SSSR count). The largest absolute Gasteiger partial charge is 0.465 e. The zero-order valence-corrected chi connectivity index (χ0v) is 24.2. The Hall–Kier alpha value is -3.37. The molecule has 9 nitrogen and oxygen atoms in total. The van der Waals surface area contributed by atoms with E-state index in [1.807, 2.05) is 13.8 Å². The van der Waals surface area contributed by atoms with Crippen molar-refractivity contribution in [2.45, 2.75) is 84.0 Å². The topological polar surface area (TPSA) is 117 Å². The Morgan fingerprint density at radius 2 is 1.80 bits per heavy atom. The molecule has 1 aromatic heterocycles. The second kappa shape index (κ2) is 10.6. The maximum absolute atomic E-state index is 13.3. The molecule has 3 heterocycles. The van der Waals surface area contributed by atoms with Crippen LogP contribution in [-0.4, -0.2) is 62.9 Å². The summed E-state index contributed by atoms with van der Waals surface area (Å²) in [6.45, 7) is 12.5. The van der Waals surface area contributed by atoms with E-state index in [0.29, 0.717) is 12.9 Å². The third-order valence-electron chi connectivity index (χ3n) is 8.58. The number of carbonyl (C=O) groups is 2. The van der Waals surface area contributed by atoms with E-state index < -0.39 is 12.1 Å². The lowest BCUT2D eigenvalue weighted by Crippen LogP contribution is -2.50. The van der Waals surface area contributed by atoms with Crippen LogP contribution in [0.25, 0.3) is 22.0 Å². The summed E-state index contributed by atoms with van der Waals surface area (Å²) < 4.78 is 12.4. The smallest absolute Gasteiger partial charge is 0.462 e. The van der Waals surface area contributed by atoms with Crippen molar-refractivity contribution in [1.29, 1.82) is 0 Å². The third-order valence-corrected chi connectivity index (χ3v) is 8.58. The van der Waals surface area contributed by atoms with Crippen LogP contribution in [0.1, 0.15) is 71.8 Å². The van der Waals surface area contributed by atoms with Crippen LogP contribution in [0.5, 0.6) is 0 Å². The van der Waals surface area contributed by atoms with E-state index in [2.05, 4.69) is 79.4 Å². The lowest BCUT2D eigenvalue weighted by molar-refractivity contribution is -0.135. The fraction of sp³-hybridized carbons (Fsp3) is 0.500. The number of fused-ring (bicyclic) bond motifs is 1. The SMILES string of the molecule is CC(C)C(NC(=O)O)C(=O)N1CCCC1c1ncc(-c2ccc3cc(CB4OC(C)(C)C(C)(C)O4)ccc3c2)[nH]1. The second-order valence-electron chi connectivity index (χ2n) is 12.3. The van der Waals surface area contributed by atoms with Gasteiger partial charge in [-0.3, -0.25) is 4.79 Å². The van der Waals surface area contributed by atoms with Crippen LogP contribution in [0.2, 0.25) is 0 Å². The minimum atomic E-state index is -1.19. The number of carboxylic acid groups (broad SMARTS) is 1. The van der Waals surface area contributed by atoms with E-state index in [-0.39, 0.29) is 36.2 Å². The highest BCUT2D eigenvalue weighted by molar-refractivity contribution is 6.45. The van der Waals surface area contributed by atoms with Crippen molar-refractivity contribution in [1.82, 2.24) is 20.2 Å². The highest BCUT2D eigenvalue weighted by Crippen LogP contribution is 2.38. The molecule has 0 radical (unpaired) electrons. The number of benzene rings is 2. The maximum Gasteiger partial charge on any atom is 0.462 e. The predicted octanol–water partition coefficient (Wildman–Crippen LogP) is 5.36. The molecule has 3 N–H and O–H groups in total. The van der Waals surface area contributed by atoms with Crippen molar-refractivity contribution in [3.05, 3.63) is 54.0 Å². The zero-order valence-electron chi connectivity index (χ0n) is 24.2. The summed E-state index contributed by atoms with van der Waals surface area (Å²) in [5, 5.41) is 13.9. The van der Waals surface area contributed by atoms with E-state index >= 15 is 0 Å². The Kier molecular flexibility index (Phi) is 7.44. The normalized spacial score (nSPS) is 20.8. The molecule has 2 aliphatic rings. The van der Waals surface area contributed by atoms with E-state index in [4.69, 9.17) is 9.31 Å². The van der Waals surface area contributed by atoms with Crippen LogP contribution in [0.4, 0.5) is 4.79 Å². The number of hydrogen-bond donors (Lipinski definition) is 3. The average molecular weight is 546 g/mol. The summed E-state index contributed by atoms with van der Waals surface area (Å²) in [6, 6.07) is 11.7. The van der Waals surface area contributed by atoms with E-state index in [1.165, 1.54) is 0 Å². The molecule has 10 heteroatoms. The van der Waals surface area contributed by atoms with Gasteiger partial charge in [-0.15, -0.1) is 0 Å². The highest BCUT2D eigenvalue weighted by atomic mass is 16.7. The lowest BCUT2D eigenvalue weighted by Gasteiger charge is -2.32. The highest BCUT2D eigenvalue weighted by Gasteiger charge is 2.50. The lowest BCUT2D eigenvalue weighted by atomic mass is 9.80. The first-order chi connectivity index (χ1) is 18.8. The Bertz CT molecular complexity index is 1400. The van der Waals surface area contributed by atoms with Crippen molar-refractivity contribution in [2.24, 2.45) is 5.92 Å². The molecule has 2 fully saturated rings. The van der Waals surface area contributed by atoms with Gasteiger partial charge < -0.3 is 29.6 Å². The zero-order chi connectivity index (χ0) is 28.8. The molecular weight excluding hydrogens is 507 g/mol. The molecule has 212 valence electrons. The summed E-state index contributed by atoms with van der Waals surface area (Å²) in [4.78, 5) is 34.4. The monoisotopic (exact) mass is 546 g/mol. The number of rotatable bonds is 7. The van der Waals surface area contributed by atoms with E-state index in [0.717, 1.165) is 46.3 Å². The summed E-state index contributed by atoms with van der Waals surface area (Å²) in [6.07, 6.45) is 2.92. The number of carbonyl (C=O) groups excluding carboxylic acids is 1. The number of nitrogens with one attached hydrogen (secondary N) is 2. The second-order valence-corrected chi connectivity index (χ2v) is 12.3. The molecule has 0 aliphatic carbocycles. The molecular formula is C30H39BN4O5. The number of H-pyrrole nitrogens is 1. The van der Waals surface area contributed by atoms with Gasteiger partial charge in [0, 0.05) is 18.4 Å². The first kappa shape index (κ1) is 28.2. The van der Waals surface area contributed by atoms with Gasteiger partial charge >= 0.3 is 13.2 Å². The van der Waals surface area contributed by atoms with Crippen molar-refractivity contribution >= 4 is 29.9 Å². The van der Waals surface area contributed by atoms with Crippen LogP contribution in [0, 0.1) is 5.92 Å². The molecule has 0 spiro atoms. The predicted molar refractivity (Wildman–Crippen MR) is 155 cm³/mol. The van der Waals surface area contributed by atoms with Gasteiger partial charge in [-0.2, -0.15) is 0 Å². The summed E-state index contributed by atoms with van der Waals surface area (Å²) in [5.74, 6) is 0.350. The van der Waals surface area contributed by atoms with E-state index in [1.54, 1.807) is 11.1 Å². The third kappa shape index (κ3) is 5.47. The Balaban J connectivity index is 1.31. The summed E-state index contributed by atoms with van der Waals surface area (Å²) in [7, 11) is -0.275. The van der Waals surface area contributed by atoms with Gasteiger partial charge in [0.2, 0.25) is 5.91 Å². The van der Waals surface area contributed by atoms with Crippen LogP contribution >= 0.6 is 0 Å². The number of nitrogens with zero attached hydrogens (tertiary/aromatic N) is 2.